The number of thiazole rings is 1. The minimum absolute atomic E-state index is 0.00940. The van der Waals surface area contributed by atoms with Gasteiger partial charge in [0.2, 0.25) is 5.91 Å². The SMILES string of the molecule is CC1(C)CCCNC1C(=O)Nc1nc2ccc(Cl)cc2s1. The van der Waals surface area contributed by atoms with Gasteiger partial charge in [0.1, 0.15) is 0 Å². The van der Waals surface area contributed by atoms with Crippen LogP contribution >= 0.6 is 22.9 Å². The number of anilines is 1. The van der Waals surface area contributed by atoms with Crippen LogP contribution in [0.5, 0.6) is 0 Å². The topological polar surface area (TPSA) is 54.0 Å². The highest BCUT2D eigenvalue weighted by Gasteiger charge is 2.37. The molecule has 1 unspecified atom stereocenters. The zero-order valence-corrected chi connectivity index (χ0v) is 13.6. The molecule has 1 aliphatic heterocycles. The molecule has 1 aliphatic rings. The fourth-order valence-electron chi connectivity index (χ4n) is 2.79. The van der Waals surface area contributed by atoms with Gasteiger partial charge >= 0.3 is 0 Å². The molecule has 6 heteroatoms. The second-order valence-electron chi connectivity index (χ2n) is 6.10. The lowest BCUT2D eigenvalue weighted by Crippen LogP contribution is -2.53. The molecule has 3 rings (SSSR count). The zero-order chi connectivity index (χ0) is 15.0. The van der Waals surface area contributed by atoms with Gasteiger partial charge in [0.25, 0.3) is 0 Å². The van der Waals surface area contributed by atoms with Crippen molar-refractivity contribution < 1.29 is 4.79 Å². The van der Waals surface area contributed by atoms with Gasteiger partial charge in [-0.05, 0) is 43.0 Å². The van der Waals surface area contributed by atoms with Crippen molar-refractivity contribution in [2.24, 2.45) is 5.41 Å². The quantitative estimate of drug-likeness (QED) is 0.886. The highest BCUT2D eigenvalue weighted by atomic mass is 35.5. The van der Waals surface area contributed by atoms with E-state index in [-0.39, 0.29) is 17.4 Å². The fourth-order valence-corrected chi connectivity index (χ4v) is 3.93. The maximum Gasteiger partial charge on any atom is 0.243 e. The molecule has 1 saturated heterocycles. The first-order chi connectivity index (χ1) is 9.95. The molecule has 1 fully saturated rings. The number of nitrogens with one attached hydrogen (secondary N) is 2. The number of aromatic nitrogens is 1. The first kappa shape index (κ1) is 14.8. The highest BCUT2D eigenvalue weighted by Crippen LogP contribution is 2.32. The summed E-state index contributed by atoms with van der Waals surface area (Å²) in [5, 5.41) is 7.56. The maximum atomic E-state index is 12.5. The molecule has 2 heterocycles. The van der Waals surface area contributed by atoms with Gasteiger partial charge in [-0.1, -0.05) is 36.8 Å². The van der Waals surface area contributed by atoms with Crippen molar-refractivity contribution in [1.82, 2.24) is 10.3 Å². The van der Waals surface area contributed by atoms with Crippen molar-refractivity contribution >= 4 is 44.2 Å². The van der Waals surface area contributed by atoms with Crippen molar-refractivity contribution in [1.29, 1.82) is 0 Å². The largest absolute Gasteiger partial charge is 0.305 e. The van der Waals surface area contributed by atoms with Crippen LogP contribution in [0, 0.1) is 5.41 Å². The summed E-state index contributed by atoms with van der Waals surface area (Å²) in [7, 11) is 0. The van der Waals surface area contributed by atoms with Crippen LogP contribution < -0.4 is 10.6 Å². The summed E-state index contributed by atoms with van der Waals surface area (Å²) in [5.74, 6) is -0.00940. The Hall–Kier alpha value is -1.17. The van der Waals surface area contributed by atoms with Crippen LogP contribution in [0.3, 0.4) is 0 Å². The summed E-state index contributed by atoms with van der Waals surface area (Å²) >= 11 is 7.42. The molecule has 0 saturated carbocycles. The average Bonchev–Trinajstić information content (AvgIpc) is 2.79. The number of nitrogens with zero attached hydrogens (tertiary/aromatic N) is 1. The summed E-state index contributed by atoms with van der Waals surface area (Å²) < 4.78 is 0.980. The van der Waals surface area contributed by atoms with E-state index in [0.29, 0.717) is 10.2 Å². The van der Waals surface area contributed by atoms with Gasteiger partial charge in [-0.3, -0.25) is 4.79 Å². The number of amides is 1. The van der Waals surface area contributed by atoms with Crippen molar-refractivity contribution in [2.75, 3.05) is 11.9 Å². The number of halogens is 1. The summed E-state index contributed by atoms with van der Waals surface area (Å²) in [6, 6.07) is 5.36. The second kappa shape index (κ2) is 5.55. The van der Waals surface area contributed by atoms with E-state index in [1.165, 1.54) is 11.3 Å². The van der Waals surface area contributed by atoms with Crippen molar-refractivity contribution in [3.05, 3.63) is 23.2 Å². The van der Waals surface area contributed by atoms with E-state index in [2.05, 4.69) is 29.5 Å². The number of carbonyl (C=O) groups is 1. The zero-order valence-electron chi connectivity index (χ0n) is 12.1. The standard InChI is InChI=1S/C15H18ClN3OS/c1-15(2)6-3-7-17-12(15)13(20)19-14-18-10-5-4-9(16)8-11(10)21-14/h4-5,8,12,17H,3,6-7H2,1-2H3,(H,18,19,20). The molecular formula is C15H18ClN3OS. The lowest BCUT2D eigenvalue weighted by Gasteiger charge is -2.37. The lowest BCUT2D eigenvalue weighted by molar-refractivity contribution is -0.121. The Kier molecular flexibility index (Phi) is 3.90. The number of rotatable bonds is 2. The minimum atomic E-state index is -0.179. The molecule has 0 bridgehead atoms. The van der Waals surface area contributed by atoms with E-state index in [4.69, 9.17) is 11.6 Å². The first-order valence-corrected chi connectivity index (χ1v) is 8.25. The highest BCUT2D eigenvalue weighted by molar-refractivity contribution is 7.22. The average molecular weight is 324 g/mol. The molecule has 1 aromatic heterocycles. The van der Waals surface area contributed by atoms with E-state index >= 15 is 0 Å². The number of carbonyl (C=O) groups excluding carboxylic acids is 1. The van der Waals surface area contributed by atoms with Crippen LogP contribution in [0.15, 0.2) is 18.2 Å². The van der Waals surface area contributed by atoms with Gasteiger partial charge in [-0.2, -0.15) is 0 Å². The molecular weight excluding hydrogens is 306 g/mol. The number of hydrogen-bond donors (Lipinski definition) is 2. The van der Waals surface area contributed by atoms with Crippen molar-refractivity contribution in [3.8, 4) is 0 Å². The lowest BCUT2D eigenvalue weighted by atomic mass is 9.77. The van der Waals surface area contributed by atoms with Gasteiger partial charge in [0.15, 0.2) is 5.13 Å². The fraction of sp³-hybridized carbons (Fsp3) is 0.467. The Balaban J connectivity index is 1.79. The normalized spacial score (nSPS) is 21.4. The number of hydrogen-bond acceptors (Lipinski definition) is 4. The third kappa shape index (κ3) is 3.05. The number of fused-ring (bicyclic) bond motifs is 1. The third-order valence-electron chi connectivity index (χ3n) is 3.97. The predicted octanol–water partition coefficient (Wildman–Crippen LogP) is 3.67. The maximum absolute atomic E-state index is 12.5. The van der Waals surface area contributed by atoms with Crippen LogP contribution in [0.4, 0.5) is 5.13 Å². The van der Waals surface area contributed by atoms with E-state index < -0.39 is 0 Å². The minimum Gasteiger partial charge on any atom is -0.305 e. The Morgan fingerprint density at radius 2 is 2.33 bits per heavy atom. The summed E-state index contributed by atoms with van der Waals surface area (Å²) in [5.41, 5.74) is 0.818. The van der Waals surface area contributed by atoms with Gasteiger partial charge < -0.3 is 10.6 Å². The third-order valence-corrected chi connectivity index (χ3v) is 5.14. The molecule has 2 N–H and O–H groups in total. The first-order valence-electron chi connectivity index (χ1n) is 7.06. The summed E-state index contributed by atoms with van der Waals surface area (Å²) in [6.45, 7) is 5.14. The van der Waals surface area contributed by atoms with Gasteiger partial charge in [-0.25, -0.2) is 4.98 Å². The van der Waals surface area contributed by atoms with Crippen molar-refractivity contribution in [2.45, 2.75) is 32.7 Å². The van der Waals surface area contributed by atoms with Gasteiger partial charge in [-0.15, -0.1) is 0 Å². The van der Waals surface area contributed by atoms with Gasteiger partial charge in [0, 0.05) is 5.02 Å². The Labute approximate surface area is 132 Å². The Bertz CT molecular complexity index is 683. The van der Waals surface area contributed by atoms with E-state index in [0.717, 1.165) is 29.6 Å². The van der Waals surface area contributed by atoms with Gasteiger partial charge in [0.05, 0.1) is 16.3 Å². The molecule has 0 radical (unpaired) electrons. The number of piperidine rings is 1. The van der Waals surface area contributed by atoms with Crippen LogP contribution in [0.2, 0.25) is 5.02 Å². The van der Waals surface area contributed by atoms with Crippen LogP contribution in [0.1, 0.15) is 26.7 Å². The predicted molar refractivity (Wildman–Crippen MR) is 88.1 cm³/mol. The molecule has 1 atom stereocenters. The van der Waals surface area contributed by atoms with E-state index in [1.807, 2.05) is 12.1 Å². The van der Waals surface area contributed by atoms with Crippen LogP contribution in [-0.2, 0) is 4.79 Å². The summed E-state index contributed by atoms with van der Waals surface area (Å²) in [4.78, 5) is 16.9. The molecule has 4 nitrogen and oxygen atoms in total. The monoisotopic (exact) mass is 323 g/mol. The molecule has 1 aromatic carbocycles. The van der Waals surface area contributed by atoms with Crippen LogP contribution in [-0.4, -0.2) is 23.5 Å². The smallest absolute Gasteiger partial charge is 0.243 e. The Morgan fingerprint density at radius 3 is 3.10 bits per heavy atom. The summed E-state index contributed by atoms with van der Waals surface area (Å²) in [6.07, 6.45) is 2.16. The van der Waals surface area contributed by atoms with Crippen LogP contribution in [0.25, 0.3) is 10.2 Å². The molecule has 2 aromatic rings. The number of benzene rings is 1. The van der Waals surface area contributed by atoms with E-state index in [9.17, 15) is 4.79 Å². The van der Waals surface area contributed by atoms with E-state index in [1.54, 1.807) is 6.07 Å². The Morgan fingerprint density at radius 1 is 1.52 bits per heavy atom. The molecule has 112 valence electrons. The second-order valence-corrected chi connectivity index (χ2v) is 7.57. The molecule has 0 spiro atoms. The molecule has 0 aliphatic carbocycles. The molecule has 21 heavy (non-hydrogen) atoms. The molecule has 1 amide bonds. The van der Waals surface area contributed by atoms with Crippen molar-refractivity contribution in [3.63, 3.8) is 0 Å².